The maximum Gasteiger partial charge on any atom is 0.347 e. The van der Waals surface area contributed by atoms with Crippen molar-refractivity contribution in [3.05, 3.63) is 83.2 Å². The van der Waals surface area contributed by atoms with Crippen molar-refractivity contribution in [3.63, 3.8) is 0 Å². The molecule has 36 heavy (non-hydrogen) atoms. The van der Waals surface area contributed by atoms with E-state index in [1.54, 1.807) is 33.1 Å². The van der Waals surface area contributed by atoms with Gasteiger partial charge in [-0.05, 0) is 43.7 Å². The summed E-state index contributed by atoms with van der Waals surface area (Å²) in [6.45, 7) is 3.63. The summed E-state index contributed by atoms with van der Waals surface area (Å²) in [5, 5.41) is 1.43. The van der Waals surface area contributed by atoms with Crippen LogP contribution in [0.1, 0.15) is 13.8 Å². The molecule has 0 spiro atoms. The SMILES string of the molecule is CCOC(=O)[C@@H](C)Oc1cc2c(-c3cc4cccc(OC)c4o3)cc(=O)oc2cc1-c1ccccc1. The lowest BCUT2D eigenvalue weighted by Crippen LogP contribution is -2.26. The topological polar surface area (TPSA) is 88.1 Å². The lowest BCUT2D eigenvalue weighted by molar-refractivity contribution is -0.150. The second-order valence-corrected chi connectivity index (χ2v) is 8.19. The molecule has 7 nitrogen and oxygen atoms in total. The second-order valence-electron chi connectivity index (χ2n) is 8.19. The van der Waals surface area contributed by atoms with Gasteiger partial charge in [0.25, 0.3) is 0 Å². The Morgan fingerprint density at radius 1 is 0.917 bits per heavy atom. The van der Waals surface area contributed by atoms with E-state index in [0.29, 0.717) is 44.9 Å². The van der Waals surface area contributed by atoms with E-state index in [9.17, 15) is 9.59 Å². The highest BCUT2D eigenvalue weighted by molar-refractivity contribution is 5.98. The number of methoxy groups -OCH3 is 1. The molecule has 2 heterocycles. The van der Waals surface area contributed by atoms with Crippen molar-refractivity contribution in [2.75, 3.05) is 13.7 Å². The van der Waals surface area contributed by atoms with Crippen LogP contribution >= 0.6 is 0 Å². The molecule has 1 atom stereocenters. The number of ether oxygens (including phenoxy) is 3. The van der Waals surface area contributed by atoms with Gasteiger partial charge in [0.15, 0.2) is 17.4 Å². The van der Waals surface area contributed by atoms with Crippen LogP contribution in [0.3, 0.4) is 0 Å². The van der Waals surface area contributed by atoms with Crippen LogP contribution in [0.5, 0.6) is 11.5 Å². The molecule has 0 bridgehead atoms. The molecule has 7 heteroatoms. The van der Waals surface area contributed by atoms with Crippen LogP contribution in [0.2, 0.25) is 0 Å². The van der Waals surface area contributed by atoms with Gasteiger partial charge in [0, 0.05) is 28.0 Å². The molecule has 0 aliphatic heterocycles. The van der Waals surface area contributed by atoms with Gasteiger partial charge in [0.2, 0.25) is 0 Å². The zero-order chi connectivity index (χ0) is 25.2. The summed E-state index contributed by atoms with van der Waals surface area (Å²) >= 11 is 0. The molecule has 2 aromatic heterocycles. The van der Waals surface area contributed by atoms with Crippen molar-refractivity contribution in [1.82, 2.24) is 0 Å². The molecular weight excluding hydrogens is 460 g/mol. The normalized spacial score (nSPS) is 12.0. The highest BCUT2D eigenvalue weighted by Crippen LogP contribution is 2.40. The molecule has 0 amide bonds. The van der Waals surface area contributed by atoms with Crippen LogP contribution in [0.15, 0.2) is 86.4 Å². The number of carbonyl (C=O) groups excluding carboxylic acids is 1. The van der Waals surface area contributed by atoms with Gasteiger partial charge in [-0.2, -0.15) is 0 Å². The Kier molecular flexibility index (Phi) is 6.21. The number of hydrogen-bond acceptors (Lipinski definition) is 7. The van der Waals surface area contributed by atoms with Crippen LogP contribution in [0.25, 0.3) is 44.4 Å². The maximum atomic E-state index is 12.6. The smallest absolute Gasteiger partial charge is 0.347 e. The summed E-state index contributed by atoms with van der Waals surface area (Å²) in [5.74, 6) is 1.03. The number of carbonyl (C=O) groups is 1. The van der Waals surface area contributed by atoms with Gasteiger partial charge >= 0.3 is 11.6 Å². The molecular formula is C29H24O7. The van der Waals surface area contributed by atoms with Crippen molar-refractivity contribution < 1.29 is 27.8 Å². The minimum Gasteiger partial charge on any atom is -0.493 e. The predicted molar refractivity (Wildman–Crippen MR) is 136 cm³/mol. The molecule has 0 aliphatic carbocycles. The van der Waals surface area contributed by atoms with Crippen LogP contribution in [-0.2, 0) is 9.53 Å². The molecule has 5 rings (SSSR count). The number of esters is 1. The van der Waals surface area contributed by atoms with Gasteiger partial charge < -0.3 is 23.0 Å². The monoisotopic (exact) mass is 484 g/mol. The Labute approximate surface area is 206 Å². The van der Waals surface area contributed by atoms with E-state index >= 15 is 0 Å². The predicted octanol–water partition coefficient (Wildman–Crippen LogP) is 6.21. The van der Waals surface area contributed by atoms with Crippen LogP contribution in [-0.4, -0.2) is 25.8 Å². The lowest BCUT2D eigenvalue weighted by atomic mass is 10.00. The van der Waals surface area contributed by atoms with Gasteiger partial charge in [-0.3, -0.25) is 0 Å². The van der Waals surface area contributed by atoms with Crippen molar-refractivity contribution in [3.8, 4) is 33.9 Å². The maximum absolute atomic E-state index is 12.6. The largest absolute Gasteiger partial charge is 0.493 e. The number of hydrogen-bond donors (Lipinski definition) is 0. The molecule has 0 N–H and O–H groups in total. The van der Waals surface area contributed by atoms with Crippen molar-refractivity contribution in [2.24, 2.45) is 0 Å². The van der Waals surface area contributed by atoms with E-state index in [-0.39, 0.29) is 6.61 Å². The van der Waals surface area contributed by atoms with Gasteiger partial charge in [0.1, 0.15) is 17.1 Å². The number of para-hydroxylation sites is 1. The average Bonchev–Trinajstić information content (AvgIpc) is 3.33. The third kappa shape index (κ3) is 4.31. The van der Waals surface area contributed by atoms with E-state index < -0.39 is 17.7 Å². The summed E-state index contributed by atoms with van der Waals surface area (Å²) in [6.07, 6.45) is -0.848. The average molecular weight is 485 g/mol. The molecule has 5 aromatic rings. The first-order valence-corrected chi connectivity index (χ1v) is 11.6. The zero-order valence-corrected chi connectivity index (χ0v) is 20.1. The van der Waals surface area contributed by atoms with Crippen molar-refractivity contribution in [1.29, 1.82) is 0 Å². The highest BCUT2D eigenvalue weighted by atomic mass is 16.6. The standard InChI is InChI=1S/C29H24O7/c1-4-33-29(31)17(2)34-25-15-21-22(24-13-19-11-8-12-23(32-3)28(19)36-24)16-27(30)35-26(21)14-20(25)18-9-6-5-7-10-18/h5-17H,4H2,1-3H3/t17-/m1/s1. The van der Waals surface area contributed by atoms with Crippen LogP contribution in [0.4, 0.5) is 0 Å². The summed E-state index contributed by atoms with van der Waals surface area (Å²) in [6, 6.07) is 21.8. The third-order valence-electron chi connectivity index (χ3n) is 5.85. The molecule has 0 saturated heterocycles. The van der Waals surface area contributed by atoms with Gasteiger partial charge in [0.05, 0.1) is 13.7 Å². The Morgan fingerprint density at radius 2 is 1.72 bits per heavy atom. The molecule has 182 valence electrons. The summed E-state index contributed by atoms with van der Waals surface area (Å²) in [5.41, 5.74) is 2.47. The fourth-order valence-corrected chi connectivity index (χ4v) is 4.16. The number of benzene rings is 3. The molecule has 0 radical (unpaired) electrons. The van der Waals surface area contributed by atoms with E-state index in [2.05, 4.69) is 0 Å². The van der Waals surface area contributed by atoms with E-state index in [0.717, 1.165) is 10.9 Å². The fourth-order valence-electron chi connectivity index (χ4n) is 4.16. The van der Waals surface area contributed by atoms with Gasteiger partial charge in [-0.1, -0.05) is 42.5 Å². The molecule has 3 aromatic carbocycles. The Bertz CT molecular complexity index is 1610. The summed E-state index contributed by atoms with van der Waals surface area (Å²) < 4.78 is 28.3. The van der Waals surface area contributed by atoms with Crippen LogP contribution in [0, 0.1) is 0 Å². The first-order valence-electron chi connectivity index (χ1n) is 11.6. The van der Waals surface area contributed by atoms with Crippen molar-refractivity contribution in [2.45, 2.75) is 20.0 Å². The minimum atomic E-state index is -0.848. The molecule has 0 aliphatic rings. The van der Waals surface area contributed by atoms with E-state index in [4.69, 9.17) is 23.0 Å². The second kappa shape index (κ2) is 9.62. The molecule has 0 unspecified atom stereocenters. The third-order valence-corrected chi connectivity index (χ3v) is 5.85. The Balaban J connectivity index is 1.73. The van der Waals surface area contributed by atoms with Gasteiger partial charge in [-0.25, -0.2) is 9.59 Å². The highest BCUT2D eigenvalue weighted by Gasteiger charge is 2.21. The zero-order valence-electron chi connectivity index (χ0n) is 20.1. The number of rotatable bonds is 7. The summed E-state index contributed by atoms with van der Waals surface area (Å²) in [7, 11) is 1.57. The van der Waals surface area contributed by atoms with E-state index in [1.807, 2.05) is 54.6 Å². The Morgan fingerprint density at radius 3 is 2.47 bits per heavy atom. The minimum absolute atomic E-state index is 0.251. The van der Waals surface area contributed by atoms with Crippen LogP contribution < -0.4 is 15.1 Å². The van der Waals surface area contributed by atoms with Gasteiger partial charge in [-0.15, -0.1) is 0 Å². The fraction of sp³-hybridized carbons (Fsp3) is 0.172. The molecule has 0 fully saturated rings. The number of furan rings is 1. The quantitative estimate of drug-likeness (QED) is 0.200. The number of fused-ring (bicyclic) bond motifs is 2. The van der Waals surface area contributed by atoms with Crippen molar-refractivity contribution >= 4 is 27.9 Å². The molecule has 0 saturated carbocycles. The summed E-state index contributed by atoms with van der Waals surface area (Å²) in [4.78, 5) is 24.9. The van der Waals surface area contributed by atoms with E-state index in [1.165, 1.54) is 6.07 Å². The lowest BCUT2D eigenvalue weighted by Gasteiger charge is -2.18. The Hall–Kier alpha value is -4.52. The first-order chi connectivity index (χ1) is 17.5. The first kappa shape index (κ1) is 23.2.